The Morgan fingerprint density at radius 1 is 1.60 bits per heavy atom. The molecule has 0 radical (unpaired) electrons. The van der Waals surface area contributed by atoms with Crippen LogP contribution in [0.4, 0.5) is 4.39 Å². The van der Waals surface area contributed by atoms with E-state index in [1.165, 1.54) is 18.2 Å². The number of rotatable bonds is 4. The summed E-state index contributed by atoms with van der Waals surface area (Å²) in [6.45, 7) is 1.72. The molecular weight excluding hydrogens is 219 g/mol. The van der Waals surface area contributed by atoms with Crippen molar-refractivity contribution in [1.29, 1.82) is 0 Å². The highest BCUT2D eigenvalue weighted by Gasteiger charge is 2.13. The molecule has 1 aromatic carbocycles. The number of hydrogen-bond acceptors (Lipinski definition) is 2. The van der Waals surface area contributed by atoms with E-state index in [9.17, 15) is 14.3 Å². The van der Waals surface area contributed by atoms with Crippen LogP contribution in [0.5, 0.6) is 0 Å². The lowest BCUT2D eigenvalue weighted by molar-refractivity contribution is -0.126. The zero-order chi connectivity index (χ0) is 11.4. The van der Waals surface area contributed by atoms with E-state index in [0.717, 1.165) is 0 Å². The molecule has 0 saturated heterocycles. The Hall–Kier alpha value is -0.930. The normalized spacial score (nSPS) is 12.5. The van der Waals surface area contributed by atoms with Gasteiger partial charge in [0.2, 0.25) is 0 Å². The van der Waals surface area contributed by atoms with Crippen LogP contribution < -0.4 is 0 Å². The minimum atomic E-state index is -0.950. The Labute approximate surface area is 92.7 Å². The van der Waals surface area contributed by atoms with Gasteiger partial charge in [-0.3, -0.25) is 4.79 Å². The van der Waals surface area contributed by atoms with Crippen LogP contribution in [-0.4, -0.2) is 17.0 Å². The number of benzene rings is 1. The maximum absolute atomic E-state index is 12.8. The van der Waals surface area contributed by atoms with Gasteiger partial charge < -0.3 is 5.11 Å². The summed E-state index contributed by atoms with van der Waals surface area (Å²) in [4.78, 5) is 11.4. The van der Waals surface area contributed by atoms with Crippen LogP contribution in [0.25, 0.3) is 0 Å². The SMILES string of the molecule is CCC(O)C(=O)Cc1ccc(F)c(Cl)c1. The minimum absolute atomic E-state index is 0.00807. The molecule has 0 heterocycles. The van der Waals surface area contributed by atoms with E-state index >= 15 is 0 Å². The monoisotopic (exact) mass is 230 g/mol. The second-order valence-corrected chi connectivity index (χ2v) is 3.72. The smallest absolute Gasteiger partial charge is 0.165 e. The topological polar surface area (TPSA) is 37.3 Å². The second kappa shape index (κ2) is 5.24. The van der Waals surface area contributed by atoms with Gasteiger partial charge in [-0.15, -0.1) is 0 Å². The zero-order valence-corrected chi connectivity index (χ0v) is 9.09. The van der Waals surface area contributed by atoms with Gasteiger partial charge in [-0.25, -0.2) is 4.39 Å². The summed E-state index contributed by atoms with van der Waals surface area (Å²) in [7, 11) is 0. The Kier molecular flexibility index (Phi) is 4.24. The third-order valence-corrected chi connectivity index (χ3v) is 2.41. The fourth-order valence-electron chi connectivity index (χ4n) is 1.20. The van der Waals surface area contributed by atoms with Crippen molar-refractivity contribution in [3.63, 3.8) is 0 Å². The first-order valence-corrected chi connectivity index (χ1v) is 5.07. The third-order valence-electron chi connectivity index (χ3n) is 2.12. The van der Waals surface area contributed by atoms with Crippen molar-refractivity contribution in [3.05, 3.63) is 34.6 Å². The van der Waals surface area contributed by atoms with Crippen molar-refractivity contribution in [2.24, 2.45) is 0 Å². The molecule has 82 valence electrons. The number of carbonyl (C=O) groups is 1. The van der Waals surface area contributed by atoms with E-state index in [1.807, 2.05) is 0 Å². The number of ketones is 1. The summed E-state index contributed by atoms with van der Waals surface area (Å²) in [5, 5.41) is 9.25. The molecule has 0 saturated carbocycles. The first-order valence-electron chi connectivity index (χ1n) is 4.69. The summed E-state index contributed by atoms with van der Waals surface area (Å²) in [5.74, 6) is -0.788. The van der Waals surface area contributed by atoms with Crippen LogP contribution in [0.3, 0.4) is 0 Å². The lowest BCUT2D eigenvalue weighted by Crippen LogP contribution is -2.21. The molecule has 1 rings (SSSR count). The average Bonchev–Trinajstić information content (AvgIpc) is 2.22. The molecule has 4 heteroatoms. The van der Waals surface area contributed by atoms with E-state index in [1.54, 1.807) is 6.92 Å². The molecule has 15 heavy (non-hydrogen) atoms. The predicted molar refractivity (Wildman–Crippen MR) is 56.4 cm³/mol. The third kappa shape index (κ3) is 3.29. The Morgan fingerprint density at radius 2 is 2.27 bits per heavy atom. The van der Waals surface area contributed by atoms with Gasteiger partial charge in [0.25, 0.3) is 0 Å². The van der Waals surface area contributed by atoms with Crippen LogP contribution in [0.1, 0.15) is 18.9 Å². The van der Waals surface area contributed by atoms with Gasteiger partial charge >= 0.3 is 0 Å². The van der Waals surface area contributed by atoms with Crippen LogP contribution in [0.15, 0.2) is 18.2 Å². The number of aliphatic hydroxyl groups is 1. The first kappa shape index (κ1) is 12.1. The van der Waals surface area contributed by atoms with Crippen LogP contribution in [-0.2, 0) is 11.2 Å². The summed E-state index contributed by atoms with van der Waals surface area (Å²) in [5.41, 5.74) is 0.610. The quantitative estimate of drug-likeness (QED) is 0.862. The Balaban J connectivity index is 2.73. The molecule has 1 aromatic rings. The molecular formula is C11H12ClFO2. The number of carbonyl (C=O) groups excluding carboxylic acids is 1. The highest BCUT2D eigenvalue weighted by Crippen LogP contribution is 2.16. The van der Waals surface area contributed by atoms with Crippen molar-refractivity contribution in [2.75, 3.05) is 0 Å². The number of Topliss-reactive ketones (excluding diaryl/α,β-unsaturated/α-hetero) is 1. The molecule has 1 unspecified atom stereocenters. The molecule has 0 aliphatic rings. The van der Waals surface area contributed by atoms with E-state index in [2.05, 4.69) is 0 Å². The molecule has 0 aliphatic heterocycles. The molecule has 0 spiro atoms. The fraction of sp³-hybridized carbons (Fsp3) is 0.364. The van der Waals surface area contributed by atoms with Crippen LogP contribution >= 0.6 is 11.6 Å². The summed E-state index contributed by atoms with van der Waals surface area (Å²) in [6, 6.07) is 4.10. The maximum atomic E-state index is 12.8. The van der Waals surface area contributed by atoms with Crippen molar-refractivity contribution < 1.29 is 14.3 Å². The van der Waals surface area contributed by atoms with Gasteiger partial charge in [-0.05, 0) is 24.1 Å². The Bertz CT molecular complexity index is 366. The largest absolute Gasteiger partial charge is 0.385 e. The van der Waals surface area contributed by atoms with E-state index < -0.39 is 11.9 Å². The van der Waals surface area contributed by atoms with Crippen molar-refractivity contribution >= 4 is 17.4 Å². The molecule has 0 fully saturated rings. The van der Waals surface area contributed by atoms with E-state index in [0.29, 0.717) is 12.0 Å². The lowest BCUT2D eigenvalue weighted by atomic mass is 10.0. The van der Waals surface area contributed by atoms with E-state index in [4.69, 9.17) is 11.6 Å². The summed E-state index contributed by atoms with van der Waals surface area (Å²) >= 11 is 5.56. The van der Waals surface area contributed by atoms with Gasteiger partial charge in [0.15, 0.2) is 5.78 Å². The highest BCUT2D eigenvalue weighted by atomic mass is 35.5. The minimum Gasteiger partial charge on any atom is -0.385 e. The van der Waals surface area contributed by atoms with E-state index in [-0.39, 0.29) is 17.2 Å². The van der Waals surface area contributed by atoms with Crippen LogP contribution in [0.2, 0.25) is 5.02 Å². The summed E-state index contributed by atoms with van der Waals surface area (Å²) in [6.07, 6.45) is -0.489. The van der Waals surface area contributed by atoms with Crippen molar-refractivity contribution in [1.82, 2.24) is 0 Å². The lowest BCUT2D eigenvalue weighted by Gasteiger charge is -2.06. The van der Waals surface area contributed by atoms with Crippen molar-refractivity contribution in [3.8, 4) is 0 Å². The maximum Gasteiger partial charge on any atom is 0.165 e. The zero-order valence-electron chi connectivity index (χ0n) is 8.34. The Morgan fingerprint density at radius 3 is 2.80 bits per heavy atom. The predicted octanol–water partition coefficient (Wildman–Crippen LogP) is 2.36. The van der Waals surface area contributed by atoms with Gasteiger partial charge in [0.05, 0.1) is 5.02 Å². The summed E-state index contributed by atoms with van der Waals surface area (Å²) < 4.78 is 12.8. The molecule has 0 aromatic heterocycles. The molecule has 1 atom stereocenters. The number of hydrogen-bond donors (Lipinski definition) is 1. The average molecular weight is 231 g/mol. The van der Waals surface area contributed by atoms with Gasteiger partial charge in [0, 0.05) is 6.42 Å². The second-order valence-electron chi connectivity index (χ2n) is 3.32. The standard InChI is InChI=1S/C11H12ClFO2/c1-2-10(14)11(15)6-7-3-4-9(13)8(12)5-7/h3-5,10,14H,2,6H2,1H3. The molecule has 1 N–H and O–H groups in total. The number of aliphatic hydroxyl groups excluding tert-OH is 1. The molecule has 0 aliphatic carbocycles. The molecule has 0 bridgehead atoms. The fourth-order valence-corrected chi connectivity index (χ4v) is 1.40. The van der Waals surface area contributed by atoms with Crippen LogP contribution in [0, 0.1) is 5.82 Å². The number of halogens is 2. The van der Waals surface area contributed by atoms with Crippen molar-refractivity contribution in [2.45, 2.75) is 25.9 Å². The van der Waals surface area contributed by atoms with Gasteiger partial charge in [-0.1, -0.05) is 24.6 Å². The first-order chi connectivity index (χ1) is 7.04. The highest BCUT2D eigenvalue weighted by molar-refractivity contribution is 6.30. The van der Waals surface area contributed by atoms with Gasteiger partial charge in [-0.2, -0.15) is 0 Å². The molecule has 0 amide bonds. The van der Waals surface area contributed by atoms with Gasteiger partial charge in [0.1, 0.15) is 11.9 Å². The molecule has 2 nitrogen and oxygen atoms in total.